The molecule has 1 unspecified atom stereocenters. The molecule has 4 aromatic rings. The Morgan fingerprint density at radius 1 is 0.763 bits per heavy atom. The van der Waals surface area contributed by atoms with Crippen molar-refractivity contribution in [2.75, 3.05) is 41.0 Å². The first-order valence-electron chi connectivity index (χ1n) is 19.1. The molecule has 1 fully saturated rings. The fraction of sp³-hybridized carbons (Fsp3) is 0.512. The molecule has 0 bridgehead atoms. The van der Waals surface area contributed by atoms with Gasteiger partial charge in [-0.25, -0.2) is 39.0 Å². The van der Waals surface area contributed by atoms with Gasteiger partial charge in [0.25, 0.3) is 0 Å². The zero-order valence-corrected chi connectivity index (χ0v) is 35.8. The molecule has 4 heterocycles. The lowest BCUT2D eigenvalue weighted by Crippen LogP contribution is -2.45. The summed E-state index contributed by atoms with van der Waals surface area (Å²) in [6.07, 6.45) is 3.57. The molecule has 0 N–H and O–H groups in total. The van der Waals surface area contributed by atoms with Crippen molar-refractivity contribution < 1.29 is 47.6 Å². The molecule has 0 spiro atoms. The number of imide groups is 1. The molecule has 0 saturated carbocycles. The molecule has 1 atom stereocenters. The molecule has 1 aliphatic rings. The minimum absolute atomic E-state index is 0.0194. The van der Waals surface area contributed by atoms with Crippen LogP contribution >= 0.6 is 0 Å². The zero-order valence-electron chi connectivity index (χ0n) is 35.8. The van der Waals surface area contributed by atoms with E-state index in [1.54, 1.807) is 118 Å². The molecule has 1 aliphatic heterocycles. The highest BCUT2D eigenvalue weighted by Gasteiger charge is 2.35. The average Bonchev–Trinajstić information content (AvgIpc) is 3.58. The van der Waals surface area contributed by atoms with Gasteiger partial charge < -0.3 is 37.7 Å². The number of carbonyl (C=O) groups excluding carboxylic acids is 4. The number of rotatable bonds is 7. The fourth-order valence-electron chi connectivity index (χ4n) is 5.58. The summed E-state index contributed by atoms with van der Waals surface area (Å²) in [6.45, 7) is 22.0. The SMILES string of the molecule is CC(C)(C)OC(=O)OCC1CN(c2ccc(N(C(=O)OC(C)(C)C)c3nc(-c4cncc(N(C(=O)OC(C)(C)C)C(=O)OC(C)(C)C)n4)cn4ccnc34)cc2)CCO1. The van der Waals surface area contributed by atoms with Crippen LogP contribution in [0.5, 0.6) is 0 Å². The quantitative estimate of drug-likeness (QED) is 0.128. The normalized spacial score (nSPS) is 15.0. The van der Waals surface area contributed by atoms with E-state index in [0.29, 0.717) is 35.9 Å². The van der Waals surface area contributed by atoms with E-state index in [4.69, 9.17) is 33.4 Å². The Morgan fingerprint density at radius 2 is 1.36 bits per heavy atom. The molecule has 5 rings (SSSR count). The number of anilines is 4. The van der Waals surface area contributed by atoms with Crippen LogP contribution in [0.25, 0.3) is 17.0 Å². The molecular weight excluding hydrogens is 764 g/mol. The molecule has 3 aromatic heterocycles. The van der Waals surface area contributed by atoms with E-state index in [-0.39, 0.29) is 29.6 Å². The number of fused-ring (bicyclic) bond motifs is 1. The maximum atomic E-state index is 14.1. The van der Waals surface area contributed by atoms with Crippen LogP contribution in [0.2, 0.25) is 0 Å². The molecule has 0 radical (unpaired) electrons. The maximum absolute atomic E-state index is 14.1. The van der Waals surface area contributed by atoms with Crippen LogP contribution in [0.4, 0.5) is 42.2 Å². The highest BCUT2D eigenvalue weighted by Crippen LogP contribution is 2.33. The molecule has 59 heavy (non-hydrogen) atoms. The summed E-state index contributed by atoms with van der Waals surface area (Å²) in [5.74, 6) is -0.0787. The Kier molecular flexibility index (Phi) is 12.7. The number of morpholine rings is 1. The summed E-state index contributed by atoms with van der Waals surface area (Å²) in [4.78, 5) is 75.5. The highest BCUT2D eigenvalue weighted by atomic mass is 16.7. The maximum Gasteiger partial charge on any atom is 0.508 e. The minimum Gasteiger partial charge on any atom is -0.443 e. The summed E-state index contributed by atoms with van der Waals surface area (Å²) in [5.41, 5.74) is -1.53. The number of hydrogen-bond acceptors (Lipinski definition) is 15. The van der Waals surface area contributed by atoms with Gasteiger partial charge in [-0.3, -0.25) is 4.98 Å². The van der Waals surface area contributed by atoms with Gasteiger partial charge in [-0.2, -0.15) is 4.90 Å². The smallest absolute Gasteiger partial charge is 0.443 e. The summed E-state index contributed by atoms with van der Waals surface area (Å²) in [7, 11) is 0. The number of carbonyl (C=O) groups is 4. The van der Waals surface area contributed by atoms with Crippen LogP contribution in [-0.4, -0.2) is 104 Å². The first-order chi connectivity index (χ1) is 27.4. The van der Waals surface area contributed by atoms with Crippen LogP contribution in [0, 0.1) is 0 Å². The van der Waals surface area contributed by atoms with E-state index in [1.807, 2.05) is 12.1 Å². The summed E-state index contributed by atoms with van der Waals surface area (Å²) < 4.78 is 35.0. The molecule has 3 amide bonds. The van der Waals surface area contributed by atoms with E-state index < -0.39 is 52.9 Å². The summed E-state index contributed by atoms with van der Waals surface area (Å²) >= 11 is 0. The third-order valence-corrected chi connectivity index (χ3v) is 7.80. The standard InChI is InChI=1S/C41H54N8O10/c1-38(2,3)56-34(50)48(27-15-13-26(14-16-27)46-19-20-54-28(23-46)25-55-37(53)59-41(10,11)12)33-32-43-17-18-47(32)24-30(45-33)29-21-42-22-31(44-29)49(35(51)57-39(4,5)6)36(52)58-40(7,8)9/h13-18,21-22,24,28H,19-20,23,25H2,1-12H3. The summed E-state index contributed by atoms with van der Waals surface area (Å²) in [6, 6.07) is 7.23. The molecule has 1 aromatic carbocycles. The number of hydrogen-bond donors (Lipinski definition) is 0. The zero-order chi connectivity index (χ0) is 43.5. The molecule has 18 heteroatoms. The van der Waals surface area contributed by atoms with E-state index in [0.717, 1.165) is 5.69 Å². The lowest BCUT2D eigenvalue weighted by molar-refractivity contribution is -0.0447. The first kappa shape index (κ1) is 44.1. The van der Waals surface area contributed by atoms with Gasteiger partial charge in [0, 0.05) is 37.4 Å². The topological polar surface area (TPSA) is 189 Å². The van der Waals surface area contributed by atoms with Crippen LogP contribution < -0.4 is 14.7 Å². The molecule has 318 valence electrons. The number of nitrogens with zero attached hydrogens (tertiary/aromatic N) is 8. The third kappa shape index (κ3) is 12.2. The van der Waals surface area contributed by atoms with Crippen LogP contribution in [-0.2, 0) is 28.4 Å². The van der Waals surface area contributed by atoms with E-state index >= 15 is 0 Å². The van der Waals surface area contributed by atoms with Crippen molar-refractivity contribution >= 4 is 53.1 Å². The predicted molar refractivity (Wildman–Crippen MR) is 218 cm³/mol. The van der Waals surface area contributed by atoms with Crippen molar-refractivity contribution in [3.05, 3.63) is 55.2 Å². The van der Waals surface area contributed by atoms with Gasteiger partial charge in [0.05, 0.1) is 24.7 Å². The number of amides is 3. The van der Waals surface area contributed by atoms with Crippen molar-refractivity contribution in [2.45, 2.75) is 112 Å². The van der Waals surface area contributed by atoms with E-state index in [9.17, 15) is 19.2 Å². The second kappa shape index (κ2) is 17.1. The monoisotopic (exact) mass is 818 g/mol. The first-order valence-corrected chi connectivity index (χ1v) is 19.1. The van der Waals surface area contributed by atoms with Crippen molar-refractivity contribution in [3.63, 3.8) is 0 Å². The van der Waals surface area contributed by atoms with Crippen LogP contribution in [0.3, 0.4) is 0 Å². The van der Waals surface area contributed by atoms with Crippen molar-refractivity contribution in [2.24, 2.45) is 0 Å². The number of benzene rings is 1. The predicted octanol–water partition coefficient (Wildman–Crippen LogP) is 8.09. The largest absolute Gasteiger partial charge is 0.508 e. The van der Waals surface area contributed by atoms with Gasteiger partial charge >= 0.3 is 24.4 Å². The molecular formula is C41H54N8O10. The van der Waals surface area contributed by atoms with E-state index in [2.05, 4.69) is 19.9 Å². The van der Waals surface area contributed by atoms with Crippen LogP contribution in [0.15, 0.2) is 55.2 Å². The number of ether oxygens (including phenoxy) is 6. The van der Waals surface area contributed by atoms with Gasteiger partial charge in [-0.1, -0.05) is 0 Å². The number of aromatic nitrogens is 5. The van der Waals surface area contributed by atoms with Gasteiger partial charge in [0.1, 0.15) is 46.5 Å². The molecule has 1 saturated heterocycles. The molecule has 18 nitrogen and oxygen atoms in total. The second-order valence-electron chi connectivity index (χ2n) is 17.7. The van der Waals surface area contributed by atoms with E-state index in [1.165, 1.54) is 17.3 Å². The summed E-state index contributed by atoms with van der Waals surface area (Å²) in [5, 5.41) is 0. The van der Waals surface area contributed by atoms with Gasteiger partial charge in [-0.05, 0) is 107 Å². The molecule has 0 aliphatic carbocycles. The van der Waals surface area contributed by atoms with Gasteiger partial charge in [0.15, 0.2) is 17.3 Å². The number of imidazole rings is 1. The van der Waals surface area contributed by atoms with Gasteiger partial charge in [-0.15, -0.1) is 0 Å². The Hall–Kier alpha value is -6.04. The minimum atomic E-state index is -1.02. The Bertz CT molecular complexity index is 2120. The second-order valence-corrected chi connectivity index (χ2v) is 17.7. The highest BCUT2D eigenvalue weighted by molar-refractivity contribution is 6.08. The fourth-order valence-corrected chi connectivity index (χ4v) is 5.58. The lowest BCUT2D eigenvalue weighted by Gasteiger charge is -2.34. The lowest BCUT2D eigenvalue weighted by atomic mass is 10.2. The van der Waals surface area contributed by atoms with Crippen molar-refractivity contribution in [1.29, 1.82) is 0 Å². The van der Waals surface area contributed by atoms with Gasteiger partial charge in [0.2, 0.25) is 0 Å². The average molecular weight is 819 g/mol. The van der Waals surface area contributed by atoms with Crippen molar-refractivity contribution in [3.8, 4) is 11.4 Å². The third-order valence-electron chi connectivity index (χ3n) is 7.80. The van der Waals surface area contributed by atoms with Crippen molar-refractivity contribution in [1.82, 2.24) is 24.3 Å². The Balaban J connectivity index is 1.51. The Labute approximate surface area is 343 Å². The van der Waals surface area contributed by atoms with Crippen LogP contribution in [0.1, 0.15) is 83.1 Å². The Morgan fingerprint density at radius 3 is 1.95 bits per heavy atom.